The number of likely N-dealkylation sites (tertiary alicyclic amines) is 1. The van der Waals surface area contributed by atoms with Crippen molar-refractivity contribution >= 4 is 11.3 Å². The van der Waals surface area contributed by atoms with Gasteiger partial charge in [0.1, 0.15) is 6.07 Å². The largest absolute Gasteiger partial charge is 0.308 e. The molecule has 1 saturated heterocycles. The molecule has 1 atom stereocenters. The van der Waals surface area contributed by atoms with Gasteiger partial charge in [-0.2, -0.15) is 5.26 Å². The molecule has 1 aliphatic heterocycles. The van der Waals surface area contributed by atoms with Gasteiger partial charge < -0.3 is 10.2 Å². The Labute approximate surface area is 107 Å². The van der Waals surface area contributed by atoms with Crippen molar-refractivity contribution in [3.8, 4) is 6.07 Å². The summed E-state index contributed by atoms with van der Waals surface area (Å²) >= 11 is 1.67. The molecule has 92 valence electrons. The molecule has 0 radical (unpaired) electrons. The summed E-state index contributed by atoms with van der Waals surface area (Å²) in [5.74, 6) is 0. The van der Waals surface area contributed by atoms with E-state index in [1.165, 1.54) is 24.3 Å². The predicted molar refractivity (Wildman–Crippen MR) is 71.0 cm³/mol. The van der Waals surface area contributed by atoms with Crippen molar-refractivity contribution < 1.29 is 0 Å². The van der Waals surface area contributed by atoms with Crippen LogP contribution in [0.25, 0.3) is 0 Å². The third kappa shape index (κ3) is 3.53. The van der Waals surface area contributed by atoms with E-state index in [-0.39, 0.29) is 0 Å². The van der Waals surface area contributed by atoms with Crippen molar-refractivity contribution in [3.05, 3.63) is 21.9 Å². The van der Waals surface area contributed by atoms with Crippen LogP contribution in [-0.4, -0.2) is 30.6 Å². The van der Waals surface area contributed by atoms with Gasteiger partial charge in [-0.05, 0) is 32.0 Å². The second kappa shape index (κ2) is 6.15. The third-order valence-corrected chi connectivity index (χ3v) is 4.24. The van der Waals surface area contributed by atoms with Crippen molar-refractivity contribution in [3.63, 3.8) is 0 Å². The van der Waals surface area contributed by atoms with E-state index >= 15 is 0 Å². The molecule has 0 saturated carbocycles. The van der Waals surface area contributed by atoms with Crippen molar-refractivity contribution in [1.82, 2.24) is 10.2 Å². The van der Waals surface area contributed by atoms with E-state index in [4.69, 9.17) is 5.26 Å². The molecule has 1 aromatic rings. The molecular formula is C13H19N3S. The predicted octanol–water partition coefficient (Wildman–Crippen LogP) is 2.19. The highest BCUT2D eigenvalue weighted by Gasteiger charge is 2.17. The van der Waals surface area contributed by atoms with Gasteiger partial charge in [-0.1, -0.05) is 6.92 Å². The molecule has 0 aliphatic carbocycles. The molecule has 3 nitrogen and oxygen atoms in total. The molecule has 0 spiro atoms. The number of nitriles is 1. The first-order valence-electron chi connectivity index (χ1n) is 6.25. The van der Waals surface area contributed by atoms with Crippen LogP contribution in [0.5, 0.6) is 0 Å². The monoisotopic (exact) mass is 249 g/mol. The van der Waals surface area contributed by atoms with Crippen molar-refractivity contribution in [2.24, 2.45) is 0 Å². The fourth-order valence-corrected chi connectivity index (χ4v) is 3.05. The quantitative estimate of drug-likeness (QED) is 0.889. The molecule has 1 unspecified atom stereocenters. The number of likely N-dealkylation sites (N-methyl/N-ethyl adjacent to an activating group) is 1. The minimum absolute atomic E-state index is 0.608. The third-order valence-electron chi connectivity index (χ3n) is 3.30. The van der Waals surface area contributed by atoms with Gasteiger partial charge in [-0.3, -0.25) is 0 Å². The normalized spacial score (nSPS) is 21.3. The minimum atomic E-state index is 0.608. The minimum Gasteiger partial charge on any atom is -0.308 e. The zero-order valence-corrected chi connectivity index (χ0v) is 11.1. The van der Waals surface area contributed by atoms with Gasteiger partial charge in [-0.25, -0.2) is 0 Å². The first-order valence-corrected chi connectivity index (χ1v) is 7.13. The number of piperidine rings is 1. The Morgan fingerprint density at radius 2 is 2.53 bits per heavy atom. The van der Waals surface area contributed by atoms with Gasteiger partial charge in [0.15, 0.2) is 0 Å². The van der Waals surface area contributed by atoms with E-state index in [9.17, 15) is 0 Å². The van der Waals surface area contributed by atoms with E-state index in [1.807, 2.05) is 11.4 Å². The molecular weight excluding hydrogens is 230 g/mol. The smallest absolute Gasteiger partial charge is 0.100 e. The Hall–Kier alpha value is -0.890. The van der Waals surface area contributed by atoms with E-state index in [0.717, 1.165) is 25.2 Å². The van der Waals surface area contributed by atoms with Crippen LogP contribution < -0.4 is 5.32 Å². The summed E-state index contributed by atoms with van der Waals surface area (Å²) in [7, 11) is 0. The maximum atomic E-state index is 8.76. The summed E-state index contributed by atoms with van der Waals surface area (Å²) in [5.41, 5.74) is 0.783. The maximum Gasteiger partial charge on any atom is 0.100 e. The van der Waals surface area contributed by atoms with Crippen LogP contribution in [0.3, 0.4) is 0 Å². The molecule has 1 aliphatic rings. The van der Waals surface area contributed by atoms with Gasteiger partial charge in [0.05, 0.1) is 5.56 Å². The summed E-state index contributed by atoms with van der Waals surface area (Å²) in [6.07, 6.45) is 2.56. The lowest BCUT2D eigenvalue weighted by molar-refractivity contribution is 0.198. The number of thiophene rings is 1. The number of hydrogen-bond acceptors (Lipinski definition) is 4. The Balaban J connectivity index is 1.79. The summed E-state index contributed by atoms with van der Waals surface area (Å²) in [6, 6.07) is 4.77. The number of nitrogens with one attached hydrogen (secondary N) is 1. The average molecular weight is 249 g/mol. The van der Waals surface area contributed by atoms with Gasteiger partial charge in [0, 0.05) is 29.4 Å². The summed E-state index contributed by atoms with van der Waals surface area (Å²) in [4.78, 5) is 3.76. The molecule has 1 aromatic heterocycles. The molecule has 17 heavy (non-hydrogen) atoms. The molecule has 2 heterocycles. The second-order valence-corrected chi connectivity index (χ2v) is 5.52. The van der Waals surface area contributed by atoms with Gasteiger partial charge >= 0.3 is 0 Å². The lowest BCUT2D eigenvalue weighted by Crippen LogP contribution is -2.45. The van der Waals surface area contributed by atoms with Crippen LogP contribution in [-0.2, 0) is 6.54 Å². The molecule has 1 N–H and O–H groups in total. The fraction of sp³-hybridized carbons (Fsp3) is 0.615. The maximum absolute atomic E-state index is 8.76. The van der Waals surface area contributed by atoms with Crippen molar-refractivity contribution in [2.45, 2.75) is 32.4 Å². The second-order valence-electron chi connectivity index (χ2n) is 4.53. The molecule has 4 heteroatoms. The number of nitrogens with zero attached hydrogens (tertiary/aromatic N) is 2. The SMILES string of the molecule is CCN1CCCC(NCc2cc(C#N)cs2)C1. The zero-order chi connectivity index (χ0) is 12.1. The summed E-state index contributed by atoms with van der Waals surface area (Å²) in [6.45, 7) is 6.67. The highest BCUT2D eigenvalue weighted by Crippen LogP contribution is 2.15. The number of hydrogen-bond donors (Lipinski definition) is 1. The van der Waals surface area contributed by atoms with Crippen LogP contribution in [0.2, 0.25) is 0 Å². The van der Waals surface area contributed by atoms with Crippen LogP contribution in [0.15, 0.2) is 11.4 Å². The van der Waals surface area contributed by atoms with Gasteiger partial charge in [0.2, 0.25) is 0 Å². The highest BCUT2D eigenvalue weighted by atomic mass is 32.1. The zero-order valence-electron chi connectivity index (χ0n) is 10.3. The fourth-order valence-electron chi connectivity index (χ4n) is 2.29. The molecule has 1 fully saturated rings. The van der Waals surface area contributed by atoms with E-state index in [1.54, 1.807) is 11.3 Å². The topological polar surface area (TPSA) is 39.1 Å². The molecule has 0 amide bonds. The summed E-state index contributed by atoms with van der Waals surface area (Å²) in [5, 5.41) is 14.3. The standard InChI is InChI=1S/C13H19N3S/c1-2-16-5-3-4-12(9-16)15-8-13-6-11(7-14)10-17-13/h6,10,12,15H,2-5,8-9H2,1H3. The molecule has 0 bridgehead atoms. The van der Waals surface area contributed by atoms with Gasteiger partial charge in [-0.15, -0.1) is 11.3 Å². The highest BCUT2D eigenvalue weighted by molar-refractivity contribution is 7.10. The van der Waals surface area contributed by atoms with Gasteiger partial charge in [0.25, 0.3) is 0 Å². The lowest BCUT2D eigenvalue weighted by atomic mass is 10.1. The van der Waals surface area contributed by atoms with Crippen LogP contribution in [0.4, 0.5) is 0 Å². The lowest BCUT2D eigenvalue weighted by Gasteiger charge is -2.32. The average Bonchev–Trinajstić information content (AvgIpc) is 2.84. The molecule has 2 rings (SSSR count). The van der Waals surface area contributed by atoms with E-state index < -0.39 is 0 Å². The Morgan fingerprint density at radius 3 is 3.24 bits per heavy atom. The Bertz CT molecular complexity index is 394. The Kier molecular flexibility index (Phi) is 4.55. The van der Waals surface area contributed by atoms with Crippen LogP contribution in [0, 0.1) is 11.3 Å². The Morgan fingerprint density at radius 1 is 1.65 bits per heavy atom. The van der Waals surface area contributed by atoms with Crippen molar-refractivity contribution in [2.75, 3.05) is 19.6 Å². The number of rotatable bonds is 4. The van der Waals surface area contributed by atoms with Crippen LogP contribution in [0.1, 0.15) is 30.2 Å². The van der Waals surface area contributed by atoms with E-state index in [2.05, 4.69) is 23.2 Å². The molecule has 0 aromatic carbocycles. The van der Waals surface area contributed by atoms with E-state index in [0.29, 0.717) is 6.04 Å². The summed E-state index contributed by atoms with van der Waals surface area (Å²) < 4.78 is 0. The first-order chi connectivity index (χ1) is 8.31. The van der Waals surface area contributed by atoms with Crippen molar-refractivity contribution in [1.29, 1.82) is 5.26 Å². The van der Waals surface area contributed by atoms with Crippen LogP contribution >= 0.6 is 11.3 Å². The first kappa shape index (κ1) is 12.6.